The third kappa shape index (κ3) is 5.27. The van der Waals surface area contributed by atoms with Crippen molar-refractivity contribution in [1.29, 1.82) is 0 Å². The predicted octanol–water partition coefficient (Wildman–Crippen LogP) is 4.43. The summed E-state index contributed by atoms with van der Waals surface area (Å²) in [7, 11) is -4.00. The van der Waals surface area contributed by atoms with E-state index >= 15 is 0 Å². The van der Waals surface area contributed by atoms with E-state index in [1.54, 1.807) is 23.1 Å². The van der Waals surface area contributed by atoms with E-state index in [9.17, 15) is 23.1 Å². The number of nitrogens with one attached hydrogen (secondary N) is 1. The summed E-state index contributed by atoms with van der Waals surface area (Å²) in [6, 6.07) is 20.9. The van der Waals surface area contributed by atoms with E-state index < -0.39 is 16.0 Å². The summed E-state index contributed by atoms with van der Waals surface area (Å²) >= 11 is 0. The molecule has 0 atom stereocenters. The summed E-state index contributed by atoms with van der Waals surface area (Å²) in [4.78, 5) is 25.4. The molecule has 2 amide bonds. The Balaban J connectivity index is 1.47. The zero-order valence-electron chi connectivity index (χ0n) is 20.5. The number of carboxylic acid groups (broad SMARTS) is 1. The maximum atomic E-state index is 13.7. The number of hydrogen-bond donors (Lipinski definition) is 2. The summed E-state index contributed by atoms with van der Waals surface area (Å²) < 4.78 is 33.8. The quantitative estimate of drug-likeness (QED) is 0.363. The standard InChI is InChI=1S/C28H27N3O6S/c32-27(33)13-7-22-19-31(26-12-6-21(18-25(22)26)20-4-2-1-3-5-20)38(35,36)24-10-8-23(9-11-24)29-28(34)30-14-16-37-17-15-30/h1-6,8-12,18-19H,7,13-17H2,(H,29,34)(H,32,33). The summed E-state index contributed by atoms with van der Waals surface area (Å²) in [5, 5.41) is 12.7. The van der Waals surface area contributed by atoms with Gasteiger partial charge in [0.05, 0.1) is 23.6 Å². The zero-order chi connectivity index (χ0) is 26.7. The molecule has 1 fully saturated rings. The van der Waals surface area contributed by atoms with Crippen LogP contribution in [-0.2, 0) is 26.0 Å². The van der Waals surface area contributed by atoms with Gasteiger partial charge in [-0.05, 0) is 59.5 Å². The van der Waals surface area contributed by atoms with Gasteiger partial charge >= 0.3 is 12.0 Å². The van der Waals surface area contributed by atoms with Gasteiger partial charge in [-0.3, -0.25) is 4.79 Å². The number of benzene rings is 3. The van der Waals surface area contributed by atoms with Gasteiger partial charge in [0.2, 0.25) is 0 Å². The molecule has 1 aliphatic heterocycles. The topological polar surface area (TPSA) is 118 Å². The van der Waals surface area contributed by atoms with E-state index in [1.165, 1.54) is 22.3 Å². The van der Waals surface area contributed by atoms with Gasteiger partial charge in [-0.15, -0.1) is 0 Å². The van der Waals surface area contributed by atoms with E-state index in [0.717, 1.165) is 11.1 Å². The van der Waals surface area contributed by atoms with Crippen LogP contribution < -0.4 is 5.32 Å². The lowest BCUT2D eigenvalue weighted by atomic mass is 10.0. The SMILES string of the molecule is O=C(O)CCc1cn(S(=O)(=O)c2ccc(NC(=O)N3CCOCC3)cc2)c2ccc(-c3ccccc3)cc12. The lowest BCUT2D eigenvalue weighted by Crippen LogP contribution is -2.43. The number of hydrogen-bond acceptors (Lipinski definition) is 5. The molecule has 196 valence electrons. The Bertz CT molecular complexity index is 1570. The average Bonchev–Trinajstić information content (AvgIpc) is 3.32. The number of aliphatic carboxylic acids is 1. The van der Waals surface area contributed by atoms with Crippen molar-refractivity contribution in [3.63, 3.8) is 0 Å². The second kappa shape index (κ2) is 10.7. The Hall–Kier alpha value is -4.15. The van der Waals surface area contributed by atoms with Crippen molar-refractivity contribution in [2.24, 2.45) is 0 Å². The molecule has 0 spiro atoms. The number of carbonyl (C=O) groups excluding carboxylic acids is 1. The Kier molecular flexibility index (Phi) is 7.17. The van der Waals surface area contributed by atoms with Gasteiger partial charge in [-0.1, -0.05) is 36.4 Å². The van der Waals surface area contributed by atoms with Crippen molar-refractivity contribution in [3.8, 4) is 11.1 Å². The second-order valence-electron chi connectivity index (χ2n) is 9.00. The van der Waals surface area contributed by atoms with Crippen LogP contribution in [0.15, 0.2) is 83.9 Å². The maximum absolute atomic E-state index is 13.7. The molecule has 9 nitrogen and oxygen atoms in total. The Labute approximate surface area is 220 Å². The summed E-state index contributed by atoms with van der Waals surface area (Å²) in [5.41, 5.74) is 3.47. The molecule has 0 bridgehead atoms. The van der Waals surface area contributed by atoms with Gasteiger partial charge in [0.25, 0.3) is 10.0 Å². The highest BCUT2D eigenvalue weighted by Gasteiger charge is 2.23. The van der Waals surface area contributed by atoms with Crippen LogP contribution >= 0.6 is 0 Å². The largest absolute Gasteiger partial charge is 0.481 e. The Morgan fingerprint density at radius 1 is 0.921 bits per heavy atom. The van der Waals surface area contributed by atoms with Crippen LogP contribution in [0.5, 0.6) is 0 Å². The molecule has 38 heavy (non-hydrogen) atoms. The molecule has 1 saturated heterocycles. The molecule has 3 aromatic carbocycles. The van der Waals surface area contributed by atoms with E-state index in [0.29, 0.717) is 48.5 Å². The Morgan fingerprint density at radius 2 is 1.63 bits per heavy atom. The lowest BCUT2D eigenvalue weighted by Gasteiger charge is -2.26. The second-order valence-corrected chi connectivity index (χ2v) is 10.8. The molecular formula is C28H27N3O6S. The molecule has 2 heterocycles. The van der Waals surface area contributed by atoms with Crippen LogP contribution in [-0.4, -0.2) is 60.7 Å². The van der Waals surface area contributed by atoms with Gasteiger partial charge in [0, 0.05) is 36.8 Å². The van der Waals surface area contributed by atoms with Gasteiger partial charge in [-0.2, -0.15) is 0 Å². The van der Waals surface area contributed by atoms with E-state index in [-0.39, 0.29) is 23.8 Å². The van der Waals surface area contributed by atoms with Crippen LogP contribution in [0.4, 0.5) is 10.5 Å². The summed E-state index contributed by atoms with van der Waals surface area (Å²) in [6.07, 6.45) is 1.58. The van der Waals surface area contributed by atoms with Crippen LogP contribution in [0, 0.1) is 0 Å². The molecular weight excluding hydrogens is 506 g/mol. The van der Waals surface area contributed by atoms with E-state index in [4.69, 9.17) is 4.74 Å². The fourth-order valence-corrected chi connectivity index (χ4v) is 5.90. The third-order valence-corrected chi connectivity index (χ3v) is 8.22. The summed E-state index contributed by atoms with van der Waals surface area (Å²) in [5.74, 6) is -0.956. The fourth-order valence-electron chi connectivity index (χ4n) is 4.51. The first-order chi connectivity index (χ1) is 18.3. The highest BCUT2D eigenvalue weighted by molar-refractivity contribution is 7.90. The summed E-state index contributed by atoms with van der Waals surface area (Å²) in [6.45, 7) is 1.96. The molecule has 0 aliphatic carbocycles. The molecule has 2 N–H and O–H groups in total. The van der Waals surface area contributed by atoms with Crippen molar-refractivity contribution < 1.29 is 27.9 Å². The normalized spacial score (nSPS) is 13.9. The van der Waals surface area contributed by atoms with Gasteiger partial charge in [-0.25, -0.2) is 17.2 Å². The number of anilines is 1. The zero-order valence-corrected chi connectivity index (χ0v) is 21.4. The minimum atomic E-state index is -4.00. The molecule has 1 aliphatic rings. The highest BCUT2D eigenvalue weighted by Crippen LogP contribution is 2.31. The fraction of sp³-hybridized carbons (Fsp3) is 0.214. The average molecular weight is 534 g/mol. The number of fused-ring (bicyclic) bond motifs is 1. The van der Waals surface area contributed by atoms with Crippen LogP contribution in [0.25, 0.3) is 22.0 Å². The molecule has 0 saturated carbocycles. The van der Waals surface area contributed by atoms with Gasteiger partial charge in [0.15, 0.2) is 0 Å². The minimum absolute atomic E-state index is 0.0516. The van der Waals surface area contributed by atoms with E-state index in [2.05, 4.69) is 5.32 Å². The first-order valence-electron chi connectivity index (χ1n) is 12.2. The van der Waals surface area contributed by atoms with E-state index in [1.807, 2.05) is 42.5 Å². The number of nitrogens with zero attached hydrogens (tertiary/aromatic N) is 2. The minimum Gasteiger partial charge on any atom is -0.481 e. The molecule has 1 aromatic heterocycles. The van der Waals surface area contributed by atoms with Gasteiger partial charge in [0.1, 0.15) is 0 Å². The van der Waals surface area contributed by atoms with Crippen molar-refractivity contribution in [2.75, 3.05) is 31.6 Å². The predicted molar refractivity (Wildman–Crippen MR) is 144 cm³/mol. The van der Waals surface area contributed by atoms with Gasteiger partial charge < -0.3 is 20.1 Å². The monoisotopic (exact) mass is 533 g/mol. The van der Waals surface area contributed by atoms with Crippen molar-refractivity contribution >= 4 is 38.6 Å². The number of carboxylic acids is 1. The number of rotatable bonds is 7. The number of amides is 2. The first-order valence-corrected chi connectivity index (χ1v) is 13.7. The maximum Gasteiger partial charge on any atom is 0.321 e. The molecule has 4 aromatic rings. The van der Waals surface area contributed by atoms with Crippen LogP contribution in [0.2, 0.25) is 0 Å². The van der Waals surface area contributed by atoms with Crippen molar-refractivity contribution in [2.45, 2.75) is 17.7 Å². The highest BCUT2D eigenvalue weighted by atomic mass is 32.2. The lowest BCUT2D eigenvalue weighted by molar-refractivity contribution is -0.136. The third-order valence-electron chi connectivity index (χ3n) is 6.53. The molecule has 5 rings (SSSR count). The first kappa shape index (κ1) is 25.5. The molecule has 10 heteroatoms. The number of urea groups is 1. The number of aryl methyl sites for hydroxylation is 1. The molecule has 0 unspecified atom stereocenters. The Morgan fingerprint density at radius 3 is 2.32 bits per heavy atom. The smallest absolute Gasteiger partial charge is 0.321 e. The van der Waals surface area contributed by atoms with Crippen LogP contribution in [0.3, 0.4) is 0 Å². The molecule has 0 radical (unpaired) electrons. The number of morpholine rings is 1. The van der Waals surface area contributed by atoms with Crippen LogP contribution in [0.1, 0.15) is 12.0 Å². The van der Waals surface area contributed by atoms with Crippen molar-refractivity contribution in [3.05, 3.63) is 84.6 Å². The number of carbonyl (C=O) groups is 2. The number of ether oxygens (including phenoxy) is 1. The number of aromatic nitrogens is 1. The van der Waals surface area contributed by atoms with Crippen molar-refractivity contribution in [1.82, 2.24) is 8.87 Å².